The van der Waals surface area contributed by atoms with Crippen molar-refractivity contribution >= 4 is 18.2 Å². The fourth-order valence-corrected chi connectivity index (χ4v) is 22.6. The van der Waals surface area contributed by atoms with Gasteiger partial charge >= 0.3 is 11.9 Å². The van der Waals surface area contributed by atoms with Crippen molar-refractivity contribution < 1.29 is 217 Å². The fraction of sp³-hybridized carbons (Fsp3) is 0.938. The summed E-state index contributed by atoms with van der Waals surface area (Å²) < 4.78 is 108. The van der Waals surface area contributed by atoms with Gasteiger partial charge in [0.15, 0.2) is 62.5 Å². The second-order valence-electron chi connectivity index (χ2n) is 38.2. The van der Waals surface area contributed by atoms with E-state index in [1.54, 1.807) is 6.92 Å². The number of carboxylic acid groups (broad SMARTS) is 1. The number of carbonyl (C=O) groups is 3. The number of carboxylic acids is 1. The molecular weight excluding hydrogens is 1660 g/mol. The van der Waals surface area contributed by atoms with E-state index < -0.39 is 349 Å². The maximum absolute atomic E-state index is 16.2. The third kappa shape index (κ3) is 17.3. The monoisotopic (exact) mass is 1790 g/mol. The van der Waals surface area contributed by atoms with Crippen molar-refractivity contribution in [1.82, 2.24) is 0 Å². The smallest absolute Gasteiger partial charge is 0.335 e. The van der Waals surface area contributed by atoms with E-state index in [1.165, 1.54) is 13.8 Å². The van der Waals surface area contributed by atoms with Gasteiger partial charge in [-0.15, -0.1) is 0 Å². The van der Waals surface area contributed by atoms with Crippen LogP contribution in [0.2, 0.25) is 0 Å². The van der Waals surface area contributed by atoms with Gasteiger partial charge < -0.3 is 208 Å². The van der Waals surface area contributed by atoms with Crippen LogP contribution in [0.4, 0.5) is 0 Å². The molecule has 44 heteroatoms. The fourth-order valence-electron chi connectivity index (χ4n) is 22.6. The molecule has 0 radical (unpaired) electrons. The molecule has 5 aliphatic carbocycles. The van der Waals surface area contributed by atoms with Crippen molar-refractivity contribution in [2.45, 2.75) is 378 Å². The van der Waals surface area contributed by atoms with Crippen LogP contribution in [0.5, 0.6) is 0 Å². The Morgan fingerprint density at radius 1 is 0.411 bits per heavy atom. The molecule has 0 spiro atoms. The predicted octanol–water partition coefficient (Wildman–Crippen LogP) is -9.03. The van der Waals surface area contributed by atoms with Crippen molar-refractivity contribution in [2.24, 2.45) is 50.2 Å². The zero-order chi connectivity index (χ0) is 90.2. The molecule has 13 fully saturated rings. The van der Waals surface area contributed by atoms with Crippen molar-refractivity contribution in [3.05, 3.63) is 11.6 Å². The topological polar surface area (TPSA) is 683 Å². The molecular formula is C80H126O44. The third-order valence-electron chi connectivity index (χ3n) is 30.3. The Hall–Kier alpha value is -3.21. The SMILES string of the molecule is C[C@@H]1O[C@@H](OC(=O)[C@]23CCC(C)(C)C[C@H]2C2=CCC4[C@@]5(C)CC[C@H](O[C@@H]6O[C@H](C(=O)O)[C@@H](O[C@@H]7O[C@H](CO)[C@@H](O[C@@H]8O[C@H](CO)[C@H](O)[C@H](O)[C@H]8O)[C@H](O)[C@H]7O)[C@H](O[C@@H]7OC[C@@H](O)[C@H](O)[C@H]7O)[C@H]6O)[C@@](C)(C=O)C5CC[C@@]4(C)C2(C)CC3)[C@H](O[C@@H]2OC[C@@H](O)[C@H](O[C@@H]3OC[C@@H](O)[C@H](O)[C@H]3O)[C@H]2O)[C@H](O)[C@H]1O[C@@H]1O[C@H](C)[C@H](O)[C@H](O[C@@H]2OC[C@@H](O)[C@H](O)[C@H]2O)[C@H]1O. The summed E-state index contributed by atoms with van der Waals surface area (Å²) in [6, 6.07) is 0. The van der Waals surface area contributed by atoms with Crippen LogP contribution in [0.3, 0.4) is 0 Å². The van der Waals surface area contributed by atoms with Crippen molar-refractivity contribution in [3.63, 3.8) is 0 Å². The Balaban J connectivity index is 0.710. The van der Waals surface area contributed by atoms with Gasteiger partial charge in [-0.3, -0.25) is 4.79 Å². The van der Waals surface area contributed by atoms with Gasteiger partial charge in [0.05, 0.1) is 68.8 Å². The average molecular weight is 1790 g/mol. The standard InChI is InChI=1S/C80H126O44/c1-27-40(88)59(119-66-48(96)42(90)32(85)23-108-66)54(102)71(111-27)116-56-28(2)112-73(61(52(56)100)121-68-53(101)57(34(87)25-110-68)117-65-47(95)41(89)31(84)22-107-65)124-74(106)80-17-15-75(3,4)19-30(80)29-9-10-38-76(5)13-12-39(77(6,26-83)37(76)11-14-79(38,8)78(29,7)16-18-80)115-72-55(103)60(120-67-49(97)43(91)33(86)24-109-67)62(63(123-72)64(104)105)122-70-51(99)46(94)58(36(21-82)114-70)118-69-50(98)45(93)44(92)35(20-81)113-69/h9,26-28,30-63,65-73,81-82,84-103H,10-25H2,1-8H3,(H,104,105)/t27-,28+,30+,31-,32-,33-,34-,35-,36-,37?,38?,39+,40+,41+,42+,43+,44+,45+,46-,47-,48-,49-,50-,51-,52-,53-,54-,55-,56+,57+,58-,59+,60-,61-,62+,63+,65+,66+,67+,68+,69+,70+,71+,72-,73+,76+,77+,78?,79-,80+/m1/s1. The zero-order valence-electron chi connectivity index (χ0n) is 69.8. The number of hydrogen-bond acceptors (Lipinski definition) is 43. The molecule has 0 aromatic carbocycles. The number of allylic oxidation sites excluding steroid dienone is 2. The lowest BCUT2D eigenvalue weighted by Crippen LogP contribution is -2.69. The lowest BCUT2D eigenvalue weighted by molar-refractivity contribution is -0.392. The van der Waals surface area contributed by atoms with Gasteiger partial charge in [-0.05, 0) is 117 Å². The molecule has 14 rings (SSSR count). The van der Waals surface area contributed by atoms with Crippen molar-refractivity contribution in [3.8, 4) is 0 Å². The molecule has 0 bridgehead atoms. The minimum absolute atomic E-state index is 0.0935. The summed E-state index contributed by atoms with van der Waals surface area (Å²) in [6.07, 6.45) is -70.5. The second kappa shape index (κ2) is 37.3. The molecule has 124 heavy (non-hydrogen) atoms. The van der Waals surface area contributed by atoms with Crippen LogP contribution in [0, 0.1) is 50.2 Å². The number of aliphatic carboxylic acids is 1. The number of ether oxygens (including phenoxy) is 18. The van der Waals surface area contributed by atoms with Crippen molar-refractivity contribution in [1.29, 1.82) is 0 Å². The number of fused-ring (bicyclic) bond motifs is 7. The molecule has 4 saturated carbocycles. The van der Waals surface area contributed by atoms with E-state index >= 15 is 4.79 Å². The third-order valence-corrected chi connectivity index (χ3v) is 30.3. The van der Waals surface area contributed by atoms with Crippen molar-refractivity contribution in [2.75, 3.05) is 39.6 Å². The maximum Gasteiger partial charge on any atom is 0.335 e. The van der Waals surface area contributed by atoms with E-state index in [0.717, 1.165) is 11.9 Å². The first-order valence-electron chi connectivity index (χ1n) is 42.8. The first-order valence-corrected chi connectivity index (χ1v) is 42.8. The molecule has 50 atom stereocenters. The highest BCUT2D eigenvalue weighted by Gasteiger charge is 2.72. The summed E-state index contributed by atoms with van der Waals surface area (Å²) >= 11 is 0. The molecule has 9 aliphatic heterocycles. The van der Waals surface area contributed by atoms with Crippen LogP contribution in [0.1, 0.15) is 120 Å². The highest BCUT2D eigenvalue weighted by Crippen LogP contribution is 2.76. The van der Waals surface area contributed by atoms with E-state index in [2.05, 4.69) is 40.7 Å². The highest BCUT2D eigenvalue weighted by atomic mass is 16.8. The molecule has 9 saturated heterocycles. The molecule has 9 heterocycles. The lowest BCUT2D eigenvalue weighted by Gasteiger charge is -2.71. The molecule has 0 aromatic rings. The average Bonchev–Trinajstić information content (AvgIpc) is 0.672. The van der Waals surface area contributed by atoms with Crippen LogP contribution < -0.4 is 0 Å². The predicted molar refractivity (Wildman–Crippen MR) is 400 cm³/mol. The van der Waals surface area contributed by atoms with E-state index in [4.69, 9.17) is 85.3 Å². The normalized spacial score (nSPS) is 54.8. The first-order chi connectivity index (χ1) is 58.3. The highest BCUT2D eigenvalue weighted by molar-refractivity contribution is 5.79. The second-order valence-corrected chi connectivity index (χ2v) is 38.2. The Bertz CT molecular complexity index is 3660. The quantitative estimate of drug-likeness (QED) is 0.0207. The Morgan fingerprint density at radius 2 is 0.879 bits per heavy atom. The molecule has 23 N–H and O–H groups in total. The van der Waals surface area contributed by atoms with Gasteiger partial charge in [0.25, 0.3) is 0 Å². The summed E-state index contributed by atoms with van der Waals surface area (Å²) in [4.78, 5) is 44.2. The summed E-state index contributed by atoms with van der Waals surface area (Å²) in [7, 11) is 0. The van der Waals surface area contributed by atoms with Crippen LogP contribution in [-0.2, 0) is 99.6 Å². The molecule has 3 unspecified atom stereocenters. The van der Waals surface area contributed by atoms with E-state index in [1.807, 2.05) is 0 Å². The van der Waals surface area contributed by atoms with Gasteiger partial charge in [-0.1, -0.05) is 53.2 Å². The first kappa shape index (κ1) is 96.8. The number of esters is 1. The zero-order valence-corrected chi connectivity index (χ0v) is 69.8. The summed E-state index contributed by atoms with van der Waals surface area (Å²) in [6.45, 7) is 11.1. The molecule has 0 amide bonds. The number of aliphatic hydroxyl groups excluding tert-OH is 22. The van der Waals surface area contributed by atoms with Crippen LogP contribution in [-0.4, -0.2) is 433 Å². The van der Waals surface area contributed by atoms with E-state index in [-0.39, 0.29) is 24.2 Å². The summed E-state index contributed by atoms with van der Waals surface area (Å²) in [5.74, 6) is -3.74. The minimum atomic E-state index is -2.31. The van der Waals surface area contributed by atoms with Crippen LogP contribution in [0.25, 0.3) is 0 Å². The minimum Gasteiger partial charge on any atom is -0.479 e. The van der Waals surface area contributed by atoms with E-state index in [9.17, 15) is 127 Å². The Labute approximate surface area is 712 Å². The number of aldehydes is 1. The Kier molecular flexibility index (Phi) is 29.2. The van der Waals surface area contributed by atoms with Crippen LogP contribution >= 0.6 is 0 Å². The van der Waals surface area contributed by atoms with Gasteiger partial charge in [0, 0.05) is 0 Å². The largest absolute Gasteiger partial charge is 0.479 e. The molecule has 0 aromatic heterocycles. The molecule has 14 aliphatic rings. The Morgan fingerprint density at radius 3 is 1.46 bits per heavy atom. The van der Waals surface area contributed by atoms with Gasteiger partial charge in [0.2, 0.25) is 6.29 Å². The molecule has 44 nitrogen and oxygen atoms in total. The van der Waals surface area contributed by atoms with Gasteiger partial charge in [-0.25, -0.2) is 4.79 Å². The lowest BCUT2D eigenvalue weighted by atomic mass is 9.33. The number of rotatable bonds is 22. The van der Waals surface area contributed by atoms with Crippen LogP contribution in [0.15, 0.2) is 11.6 Å². The maximum atomic E-state index is 16.2. The summed E-state index contributed by atoms with van der Waals surface area (Å²) in [5.41, 5.74) is -4.02. The van der Waals surface area contributed by atoms with Gasteiger partial charge in [0.1, 0.15) is 177 Å². The number of hydrogen-bond donors (Lipinski definition) is 23. The summed E-state index contributed by atoms with van der Waals surface area (Å²) in [5, 5.41) is 254. The molecule has 710 valence electrons. The van der Waals surface area contributed by atoms with Gasteiger partial charge in [-0.2, -0.15) is 0 Å². The van der Waals surface area contributed by atoms with E-state index in [0.29, 0.717) is 51.4 Å². The number of aliphatic hydroxyl groups is 22. The number of carbonyl (C=O) groups excluding carboxylic acids is 2.